The molecular weight excluding hydrogens is 236 g/mol. The van der Waals surface area contributed by atoms with Crippen molar-refractivity contribution in [1.29, 1.82) is 0 Å². The lowest BCUT2D eigenvalue weighted by Gasteiger charge is -2.19. The van der Waals surface area contributed by atoms with Crippen LogP contribution >= 0.6 is 0 Å². The second kappa shape index (κ2) is 5.99. The van der Waals surface area contributed by atoms with Crippen molar-refractivity contribution in [3.05, 3.63) is 53.9 Å². The van der Waals surface area contributed by atoms with Crippen LogP contribution < -0.4 is 10.6 Å². The van der Waals surface area contributed by atoms with Crippen LogP contribution in [0.1, 0.15) is 23.6 Å². The zero-order chi connectivity index (χ0) is 12.9. The standard InChI is InChI=1S/C15H20N4/c1-2-5-14-13(4-1)12-16-8-6-15(14)17-9-11-19-10-3-7-18-19/h1-5,7,10,15-17H,6,8-9,11-12H2. The molecule has 0 saturated heterocycles. The van der Waals surface area contributed by atoms with E-state index in [-0.39, 0.29) is 0 Å². The van der Waals surface area contributed by atoms with Gasteiger partial charge in [0.15, 0.2) is 0 Å². The fourth-order valence-electron chi connectivity index (χ4n) is 2.66. The van der Waals surface area contributed by atoms with Gasteiger partial charge in [-0.15, -0.1) is 0 Å². The number of rotatable bonds is 4. The van der Waals surface area contributed by atoms with Crippen LogP contribution in [0.25, 0.3) is 0 Å². The van der Waals surface area contributed by atoms with E-state index in [2.05, 4.69) is 40.0 Å². The number of aromatic nitrogens is 2. The molecule has 1 aliphatic rings. The lowest BCUT2D eigenvalue weighted by molar-refractivity contribution is 0.464. The predicted octanol–water partition coefficient (Wildman–Crippen LogP) is 1.71. The second-order valence-electron chi connectivity index (χ2n) is 4.94. The Morgan fingerprint density at radius 3 is 3.16 bits per heavy atom. The molecule has 2 aromatic rings. The molecule has 4 heteroatoms. The van der Waals surface area contributed by atoms with Crippen LogP contribution in [0, 0.1) is 0 Å². The summed E-state index contributed by atoms with van der Waals surface area (Å²) in [7, 11) is 0. The first-order chi connectivity index (χ1) is 9.43. The Morgan fingerprint density at radius 2 is 2.26 bits per heavy atom. The third-order valence-corrected chi connectivity index (χ3v) is 3.65. The normalized spacial score (nSPS) is 18.8. The van der Waals surface area contributed by atoms with Gasteiger partial charge in [-0.1, -0.05) is 24.3 Å². The Kier molecular flexibility index (Phi) is 3.91. The van der Waals surface area contributed by atoms with Gasteiger partial charge in [-0.05, 0) is 30.2 Å². The van der Waals surface area contributed by atoms with Crippen LogP contribution in [0.2, 0.25) is 0 Å². The topological polar surface area (TPSA) is 41.9 Å². The smallest absolute Gasteiger partial charge is 0.0534 e. The number of hydrogen-bond donors (Lipinski definition) is 2. The molecule has 0 fully saturated rings. The van der Waals surface area contributed by atoms with E-state index in [1.54, 1.807) is 0 Å². The molecule has 0 radical (unpaired) electrons. The minimum absolute atomic E-state index is 0.446. The summed E-state index contributed by atoms with van der Waals surface area (Å²) in [5.74, 6) is 0. The molecule has 1 aromatic carbocycles. The predicted molar refractivity (Wildman–Crippen MR) is 75.7 cm³/mol. The minimum Gasteiger partial charge on any atom is -0.313 e. The number of nitrogens with one attached hydrogen (secondary N) is 2. The monoisotopic (exact) mass is 256 g/mol. The lowest BCUT2D eigenvalue weighted by Crippen LogP contribution is -2.26. The molecule has 1 unspecified atom stereocenters. The number of fused-ring (bicyclic) bond motifs is 1. The summed E-state index contributed by atoms with van der Waals surface area (Å²) in [4.78, 5) is 0. The van der Waals surface area contributed by atoms with Gasteiger partial charge in [-0.25, -0.2) is 0 Å². The summed E-state index contributed by atoms with van der Waals surface area (Å²) in [6.45, 7) is 3.90. The molecule has 0 saturated carbocycles. The molecule has 2 heterocycles. The minimum atomic E-state index is 0.446. The molecular formula is C15H20N4. The highest BCUT2D eigenvalue weighted by atomic mass is 15.3. The Bertz CT molecular complexity index is 507. The molecule has 3 rings (SSSR count). The van der Waals surface area contributed by atoms with E-state index in [1.165, 1.54) is 11.1 Å². The van der Waals surface area contributed by atoms with E-state index in [9.17, 15) is 0 Å². The van der Waals surface area contributed by atoms with Crippen molar-refractivity contribution in [3.63, 3.8) is 0 Å². The van der Waals surface area contributed by atoms with Crippen LogP contribution in [-0.2, 0) is 13.1 Å². The summed E-state index contributed by atoms with van der Waals surface area (Å²) in [5, 5.41) is 11.4. The van der Waals surface area contributed by atoms with Crippen molar-refractivity contribution in [1.82, 2.24) is 20.4 Å². The van der Waals surface area contributed by atoms with Crippen LogP contribution in [-0.4, -0.2) is 22.9 Å². The fourth-order valence-corrected chi connectivity index (χ4v) is 2.66. The quantitative estimate of drug-likeness (QED) is 0.875. The van der Waals surface area contributed by atoms with Gasteiger partial charge in [-0.3, -0.25) is 4.68 Å². The highest BCUT2D eigenvalue weighted by Crippen LogP contribution is 2.23. The number of nitrogens with zero attached hydrogens (tertiary/aromatic N) is 2. The van der Waals surface area contributed by atoms with Crippen LogP contribution in [0.3, 0.4) is 0 Å². The Labute approximate surface area is 113 Å². The van der Waals surface area contributed by atoms with Gasteiger partial charge in [0.2, 0.25) is 0 Å². The molecule has 1 aromatic heterocycles. The average Bonchev–Trinajstić information content (AvgIpc) is 2.87. The molecule has 1 aliphatic heterocycles. The number of hydrogen-bond acceptors (Lipinski definition) is 3. The third kappa shape index (κ3) is 3.03. The Hall–Kier alpha value is -1.65. The largest absolute Gasteiger partial charge is 0.313 e. The Balaban J connectivity index is 1.63. The molecule has 0 bridgehead atoms. The molecule has 1 atom stereocenters. The summed E-state index contributed by atoms with van der Waals surface area (Å²) in [5.41, 5.74) is 2.85. The van der Waals surface area contributed by atoms with E-state index >= 15 is 0 Å². The fraction of sp³-hybridized carbons (Fsp3) is 0.400. The summed E-state index contributed by atoms with van der Waals surface area (Å²) >= 11 is 0. The van der Waals surface area contributed by atoms with Gasteiger partial charge in [0.05, 0.1) is 6.54 Å². The van der Waals surface area contributed by atoms with Crippen LogP contribution in [0.15, 0.2) is 42.7 Å². The van der Waals surface area contributed by atoms with Gasteiger partial charge in [-0.2, -0.15) is 5.10 Å². The average molecular weight is 256 g/mol. The second-order valence-corrected chi connectivity index (χ2v) is 4.94. The van der Waals surface area contributed by atoms with Crippen molar-refractivity contribution >= 4 is 0 Å². The van der Waals surface area contributed by atoms with Crippen molar-refractivity contribution < 1.29 is 0 Å². The van der Waals surface area contributed by atoms with Gasteiger partial charge < -0.3 is 10.6 Å². The molecule has 100 valence electrons. The van der Waals surface area contributed by atoms with Crippen molar-refractivity contribution in [2.75, 3.05) is 13.1 Å². The highest BCUT2D eigenvalue weighted by Gasteiger charge is 2.16. The number of benzene rings is 1. The maximum absolute atomic E-state index is 4.23. The van der Waals surface area contributed by atoms with Crippen LogP contribution in [0.5, 0.6) is 0 Å². The summed E-state index contributed by atoms with van der Waals surface area (Å²) in [6, 6.07) is 11.1. The van der Waals surface area contributed by atoms with E-state index in [0.29, 0.717) is 6.04 Å². The molecule has 4 nitrogen and oxygen atoms in total. The Morgan fingerprint density at radius 1 is 1.32 bits per heavy atom. The van der Waals surface area contributed by atoms with E-state index in [4.69, 9.17) is 0 Å². The zero-order valence-electron chi connectivity index (χ0n) is 11.0. The van der Waals surface area contributed by atoms with Crippen molar-refractivity contribution in [2.24, 2.45) is 0 Å². The van der Waals surface area contributed by atoms with Gasteiger partial charge in [0, 0.05) is 31.5 Å². The van der Waals surface area contributed by atoms with Crippen LogP contribution in [0.4, 0.5) is 0 Å². The third-order valence-electron chi connectivity index (χ3n) is 3.65. The molecule has 2 N–H and O–H groups in total. The SMILES string of the molecule is c1ccc2c(c1)CNCCC2NCCn1cccn1. The van der Waals surface area contributed by atoms with Gasteiger partial charge >= 0.3 is 0 Å². The zero-order valence-corrected chi connectivity index (χ0v) is 11.0. The molecule has 0 aliphatic carbocycles. The van der Waals surface area contributed by atoms with Gasteiger partial charge in [0.25, 0.3) is 0 Å². The summed E-state index contributed by atoms with van der Waals surface area (Å²) < 4.78 is 1.97. The lowest BCUT2D eigenvalue weighted by atomic mass is 9.99. The van der Waals surface area contributed by atoms with Crippen molar-refractivity contribution in [3.8, 4) is 0 Å². The first kappa shape index (κ1) is 12.4. The van der Waals surface area contributed by atoms with Gasteiger partial charge in [0.1, 0.15) is 0 Å². The first-order valence-electron chi connectivity index (χ1n) is 6.93. The van der Waals surface area contributed by atoms with E-state index < -0.39 is 0 Å². The molecule has 0 amide bonds. The first-order valence-corrected chi connectivity index (χ1v) is 6.93. The maximum atomic E-state index is 4.23. The van der Waals surface area contributed by atoms with E-state index in [0.717, 1.165) is 32.6 Å². The van der Waals surface area contributed by atoms with E-state index in [1.807, 2.05) is 23.1 Å². The summed E-state index contributed by atoms with van der Waals surface area (Å²) in [6.07, 6.45) is 4.96. The van der Waals surface area contributed by atoms with Crippen molar-refractivity contribution in [2.45, 2.75) is 25.6 Å². The molecule has 19 heavy (non-hydrogen) atoms. The maximum Gasteiger partial charge on any atom is 0.0534 e. The molecule has 0 spiro atoms. The highest BCUT2D eigenvalue weighted by molar-refractivity contribution is 5.30.